The second-order valence-electron chi connectivity index (χ2n) is 5.44. The smallest absolute Gasteiger partial charge is 0.0783 e. The third-order valence-corrected chi connectivity index (χ3v) is 3.79. The number of rotatable bonds is 3. The zero-order valence-corrected chi connectivity index (χ0v) is 13.2. The molecule has 0 radical (unpaired) electrons. The van der Waals surface area contributed by atoms with Crippen LogP contribution in [0.4, 0.5) is 0 Å². The van der Waals surface area contributed by atoms with Gasteiger partial charge in [0.2, 0.25) is 0 Å². The Hall–Kier alpha value is -2.93. The van der Waals surface area contributed by atoms with Crippen molar-refractivity contribution in [3.8, 4) is 0 Å². The van der Waals surface area contributed by atoms with E-state index in [-0.39, 0.29) is 0 Å². The third-order valence-electron chi connectivity index (χ3n) is 3.79. The molecule has 1 nitrogen and oxygen atoms in total. The van der Waals surface area contributed by atoms with Gasteiger partial charge in [-0.25, -0.2) is 0 Å². The molecule has 0 aliphatic heterocycles. The van der Waals surface area contributed by atoms with E-state index < -0.39 is 0 Å². The normalized spacial score (nSPS) is 12.8. The van der Waals surface area contributed by atoms with Gasteiger partial charge in [0.1, 0.15) is 0 Å². The Labute approximate surface area is 137 Å². The molecule has 0 fully saturated rings. The van der Waals surface area contributed by atoms with Gasteiger partial charge < -0.3 is 0 Å². The molecule has 0 saturated carbocycles. The highest BCUT2D eigenvalue weighted by Gasteiger charge is 2.04. The van der Waals surface area contributed by atoms with Gasteiger partial charge in [0.15, 0.2) is 0 Å². The standard InChI is InChI=1S/C22H19N/c1-17-11-9-10-16-21(17)22(20-14-7-4-8-15-20)23-18(2)19-12-5-3-6-13-19/h3-16H,1H2,2H3/b22-21-,23-18?. The summed E-state index contributed by atoms with van der Waals surface area (Å²) in [7, 11) is 0. The van der Waals surface area contributed by atoms with E-state index in [0.717, 1.165) is 33.0 Å². The molecule has 3 aromatic rings. The lowest BCUT2D eigenvalue weighted by Crippen LogP contribution is -2.25. The summed E-state index contributed by atoms with van der Waals surface area (Å²) in [5, 5.41) is 2.05. The Balaban J connectivity index is 2.25. The summed E-state index contributed by atoms with van der Waals surface area (Å²) in [6.45, 7) is 6.20. The maximum absolute atomic E-state index is 4.94. The molecular weight excluding hydrogens is 278 g/mol. The molecule has 0 unspecified atom stereocenters. The summed E-state index contributed by atoms with van der Waals surface area (Å²) in [6, 6.07) is 28.6. The van der Waals surface area contributed by atoms with Crippen molar-refractivity contribution in [2.45, 2.75) is 6.92 Å². The molecule has 0 aromatic heterocycles. The largest absolute Gasteiger partial charge is 0.252 e. The van der Waals surface area contributed by atoms with E-state index in [0.29, 0.717) is 0 Å². The highest BCUT2D eigenvalue weighted by Crippen LogP contribution is 2.14. The van der Waals surface area contributed by atoms with Crippen LogP contribution >= 0.6 is 0 Å². The molecule has 3 rings (SSSR count). The van der Waals surface area contributed by atoms with Crippen LogP contribution < -0.4 is 10.4 Å². The number of hydrogen-bond acceptors (Lipinski definition) is 1. The first-order chi connectivity index (χ1) is 11.3. The minimum atomic E-state index is 0.956. The molecule has 0 saturated heterocycles. The zero-order chi connectivity index (χ0) is 16.1. The lowest BCUT2D eigenvalue weighted by atomic mass is 10.1. The predicted octanol–water partition coefficient (Wildman–Crippen LogP) is 3.76. The molecule has 112 valence electrons. The fraction of sp³-hybridized carbons (Fsp3) is 0.0455. The fourth-order valence-corrected chi connectivity index (χ4v) is 2.54. The molecule has 0 aliphatic rings. The van der Waals surface area contributed by atoms with E-state index in [1.165, 1.54) is 0 Å². The van der Waals surface area contributed by atoms with Gasteiger partial charge in [-0.05, 0) is 17.7 Å². The molecule has 0 heterocycles. The van der Waals surface area contributed by atoms with Gasteiger partial charge >= 0.3 is 0 Å². The molecule has 3 aromatic carbocycles. The van der Waals surface area contributed by atoms with Crippen molar-refractivity contribution in [2.75, 3.05) is 0 Å². The topological polar surface area (TPSA) is 12.4 Å². The molecule has 0 spiro atoms. The molecule has 0 bridgehead atoms. The Morgan fingerprint density at radius 2 is 1.22 bits per heavy atom. The van der Waals surface area contributed by atoms with Crippen LogP contribution in [-0.4, -0.2) is 5.71 Å². The van der Waals surface area contributed by atoms with Crippen LogP contribution in [-0.2, 0) is 0 Å². The van der Waals surface area contributed by atoms with Gasteiger partial charge in [-0.15, -0.1) is 0 Å². The van der Waals surface area contributed by atoms with Gasteiger partial charge in [-0.3, -0.25) is 4.99 Å². The lowest BCUT2D eigenvalue weighted by molar-refractivity contribution is 1.39. The Morgan fingerprint density at radius 1 is 0.696 bits per heavy atom. The van der Waals surface area contributed by atoms with E-state index in [1.54, 1.807) is 0 Å². The second-order valence-corrected chi connectivity index (χ2v) is 5.44. The average molecular weight is 297 g/mol. The van der Waals surface area contributed by atoms with Crippen LogP contribution in [0.15, 0.2) is 89.9 Å². The van der Waals surface area contributed by atoms with Gasteiger partial charge in [-0.1, -0.05) is 91.5 Å². The van der Waals surface area contributed by atoms with Crippen LogP contribution in [0.2, 0.25) is 0 Å². The Morgan fingerprint density at radius 3 is 1.83 bits per heavy atom. The van der Waals surface area contributed by atoms with E-state index in [1.807, 2.05) is 61.5 Å². The van der Waals surface area contributed by atoms with Crippen LogP contribution in [0.25, 0.3) is 12.3 Å². The lowest BCUT2D eigenvalue weighted by Gasteiger charge is -2.06. The third kappa shape index (κ3) is 3.46. The Kier molecular flexibility index (Phi) is 4.49. The average Bonchev–Trinajstić information content (AvgIpc) is 2.62. The summed E-state index contributed by atoms with van der Waals surface area (Å²) in [6.07, 6.45) is 0. The first-order valence-electron chi connectivity index (χ1n) is 7.70. The van der Waals surface area contributed by atoms with Crippen molar-refractivity contribution in [1.82, 2.24) is 0 Å². The van der Waals surface area contributed by atoms with Crippen LogP contribution in [0.3, 0.4) is 0 Å². The summed E-state index contributed by atoms with van der Waals surface area (Å²) in [4.78, 5) is 4.94. The van der Waals surface area contributed by atoms with Crippen LogP contribution in [0.5, 0.6) is 0 Å². The zero-order valence-electron chi connectivity index (χ0n) is 13.2. The van der Waals surface area contributed by atoms with E-state index in [9.17, 15) is 0 Å². The monoisotopic (exact) mass is 297 g/mol. The van der Waals surface area contributed by atoms with Gasteiger partial charge in [0.05, 0.1) is 5.70 Å². The minimum absolute atomic E-state index is 0.956. The fourth-order valence-electron chi connectivity index (χ4n) is 2.54. The summed E-state index contributed by atoms with van der Waals surface area (Å²) < 4.78 is 0. The van der Waals surface area contributed by atoms with E-state index in [2.05, 4.69) is 36.9 Å². The molecular formula is C22H19N. The van der Waals surface area contributed by atoms with Crippen molar-refractivity contribution in [3.05, 3.63) is 106 Å². The quantitative estimate of drug-likeness (QED) is 0.653. The molecule has 0 amide bonds. The van der Waals surface area contributed by atoms with E-state index >= 15 is 0 Å². The van der Waals surface area contributed by atoms with E-state index in [4.69, 9.17) is 4.99 Å². The number of hydrogen-bond donors (Lipinski definition) is 0. The number of benzene rings is 3. The highest BCUT2D eigenvalue weighted by molar-refractivity contribution is 6.01. The van der Waals surface area contributed by atoms with Gasteiger partial charge in [0, 0.05) is 16.5 Å². The van der Waals surface area contributed by atoms with Crippen molar-refractivity contribution >= 4 is 18.0 Å². The maximum Gasteiger partial charge on any atom is 0.0783 e. The molecule has 0 aliphatic carbocycles. The molecule has 0 atom stereocenters. The SMILES string of the molecule is C=c1cccc/c1=C(/N=C(C)c1ccccc1)c1ccccc1. The molecule has 23 heavy (non-hydrogen) atoms. The summed E-state index contributed by atoms with van der Waals surface area (Å²) in [5.41, 5.74) is 4.17. The minimum Gasteiger partial charge on any atom is -0.252 e. The Bertz CT molecular complexity index is 922. The number of nitrogens with zero attached hydrogens (tertiary/aromatic N) is 1. The molecule has 0 N–H and O–H groups in total. The summed E-state index contributed by atoms with van der Waals surface area (Å²) >= 11 is 0. The van der Waals surface area contributed by atoms with Gasteiger partial charge in [0.25, 0.3) is 0 Å². The van der Waals surface area contributed by atoms with Crippen molar-refractivity contribution in [2.24, 2.45) is 4.99 Å². The maximum atomic E-state index is 4.94. The highest BCUT2D eigenvalue weighted by atomic mass is 14.8. The first-order valence-corrected chi connectivity index (χ1v) is 7.70. The second kappa shape index (κ2) is 6.89. The number of aliphatic imine (C=N–C) groups is 1. The van der Waals surface area contributed by atoms with Crippen molar-refractivity contribution < 1.29 is 0 Å². The first kappa shape index (κ1) is 15.0. The molecule has 1 heteroatoms. The van der Waals surface area contributed by atoms with Gasteiger partial charge in [-0.2, -0.15) is 0 Å². The van der Waals surface area contributed by atoms with Crippen LogP contribution in [0, 0.1) is 0 Å². The van der Waals surface area contributed by atoms with Crippen molar-refractivity contribution in [1.29, 1.82) is 0 Å². The predicted molar refractivity (Wildman–Crippen MR) is 98.8 cm³/mol. The van der Waals surface area contributed by atoms with Crippen molar-refractivity contribution in [3.63, 3.8) is 0 Å². The van der Waals surface area contributed by atoms with Crippen LogP contribution in [0.1, 0.15) is 18.1 Å². The summed E-state index contributed by atoms with van der Waals surface area (Å²) in [5.74, 6) is 0.